The van der Waals surface area contributed by atoms with E-state index in [1.54, 1.807) is 12.1 Å². The number of nitrogens with one attached hydrogen (secondary N) is 1. The van der Waals surface area contributed by atoms with Crippen molar-refractivity contribution in [2.24, 2.45) is 4.99 Å². The van der Waals surface area contributed by atoms with Crippen LogP contribution in [0.2, 0.25) is 0 Å². The molecule has 0 atom stereocenters. The lowest BCUT2D eigenvalue weighted by atomic mass is 10.2. The van der Waals surface area contributed by atoms with Gasteiger partial charge in [-0.05, 0) is 19.1 Å². The Morgan fingerprint density at radius 3 is 2.36 bits per heavy atom. The van der Waals surface area contributed by atoms with Crippen LogP contribution < -0.4 is 10.2 Å². The number of rotatable bonds is 5. The van der Waals surface area contributed by atoms with Crippen LogP contribution in [-0.4, -0.2) is 48.5 Å². The number of anilines is 1. The van der Waals surface area contributed by atoms with Gasteiger partial charge in [-0.2, -0.15) is 0 Å². The summed E-state index contributed by atoms with van der Waals surface area (Å²) in [6.07, 6.45) is 0. The van der Waals surface area contributed by atoms with E-state index in [0.717, 1.165) is 38.7 Å². The summed E-state index contributed by atoms with van der Waals surface area (Å²) in [6, 6.07) is 17.2. The van der Waals surface area contributed by atoms with E-state index in [0.29, 0.717) is 12.1 Å². The lowest BCUT2D eigenvalue weighted by Gasteiger charge is -2.37. The molecule has 8 heteroatoms. The number of benzene rings is 2. The number of nitro benzene ring substituents is 1. The van der Waals surface area contributed by atoms with Gasteiger partial charge in [-0.3, -0.25) is 10.1 Å². The summed E-state index contributed by atoms with van der Waals surface area (Å²) in [5.74, 6) is 0.809. The summed E-state index contributed by atoms with van der Waals surface area (Å²) in [7, 11) is 0. The van der Waals surface area contributed by atoms with E-state index in [4.69, 9.17) is 0 Å². The van der Waals surface area contributed by atoms with Gasteiger partial charge in [0.05, 0.1) is 17.0 Å². The number of aliphatic imine (C=N–C) groups is 1. The minimum absolute atomic E-state index is 0. The van der Waals surface area contributed by atoms with Crippen LogP contribution in [0.3, 0.4) is 0 Å². The molecule has 1 saturated heterocycles. The van der Waals surface area contributed by atoms with Crippen LogP contribution in [0.4, 0.5) is 11.4 Å². The highest BCUT2D eigenvalue weighted by atomic mass is 127. The Morgan fingerprint density at radius 1 is 1.07 bits per heavy atom. The molecular weight excluding hydrogens is 469 g/mol. The average Bonchev–Trinajstić information content (AvgIpc) is 2.72. The molecule has 1 aliphatic rings. The zero-order chi connectivity index (χ0) is 19.1. The number of hydrogen-bond acceptors (Lipinski definition) is 4. The molecule has 0 spiro atoms. The van der Waals surface area contributed by atoms with E-state index in [-0.39, 0.29) is 34.6 Å². The van der Waals surface area contributed by atoms with Crippen LogP contribution in [0, 0.1) is 10.1 Å². The van der Waals surface area contributed by atoms with Crippen LogP contribution in [0.25, 0.3) is 0 Å². The number of para-hydroxylation sites is 2. The second kappa shape index (κ2) is 10.8. The molecule has 0 radical (unpaired) electrons. The van der Waals surface area contributed by atoms with Crippen LogP contribution in [0.5, 0.6) is 0 Å². The molecule has 1 N–H and O–H groups in total. The van der Waals surface area contributed by atoms with Crippen LogP contribution >= 0.6 is 24.0 Å². The number of guanidine groups is 1. The topological polar surface area (TPSA) is 74.0 Å². The minimum atomic E-state index is -0.351. The number of halogens is 1. The van der Waals surface area contributed by atoms with Crippen molar-refractivity contribution in [2.75, 3.05) is 37.6 Å². The first-order valence-electron chi connectivity index (χ1n) is 9.24. The van der Waals surface area contributed by atoms with Crippen LogP contribution in [0.15, 0.2) is 59.6 Å². The smallest absolute Gasteiger partial charge is 0.274 e. The van der Waals surface area contributed by atoms with E-state index in [1.807, 2.05) is 19.1 Å². The van der Waals surface area contributed by atoms with Gasteiger partial charge in [0, 0.05) is 44.5 Å². The first-order chi connectivity index (χ1) is 13.2. The summed E-state index contributed by atoms with van der Waals surface area (Å²) in [6.45, 7) is 6.63. The third kappa shape index (κ3) is 5.57. The number of piperazine rings is 1. The van der Waals surface area contributed by atoms with Crippen molar-refractivity contribution >= 4 is 41.3 Å². The summed E-state index contributed by atoms with van der Waals surface area (Å²) in [4.78, 5) is 20.1. The Hall–Kier alpha value is -2.36. The number of nitrogens with zero attached hydrogens (tertiary/aromatic N) is 4. The monoisotopic (exact) mass is 495 g/mol. The van der Waals surface area contributed by atoms with Crippen molar-refractivity contribution in [1.82, 2.24) is 10.2 Å². The van der Waals surface area contributed by atoms with E-state index in [9.17, 15) is 10.1 Å². The zero-order valence-electron chi connectivity index (χ0n) is 16.0. The molecule has 2 aromatic rings. The van der Waals surface area contributed by atoms with E-state index >= 15 is 0 Å². The zero-order valence-corrected chi connectivity index (χ0v) is 18.3. The molecule has 2 aromatic carbocycles. The first-order valence-corrected chi connectivity index (χ1v) is 9.24. The van der Waals surface area contributed by atoms with Crippen molar-refractivity contribution in [3.63, 3.8) is 0 Å². The maximum absolute atomic E-state index is 11.2. The summed E-state index contributed by atoms with van der Waals surface area (Å²) in [5.41, 5.74) is 1.98. The van der Waals surface area contributed by atoms with Gasteiger partial charge in [0.1, 0.15) is 0 Å². The summed E-state index contributed by atoms with van der Waals surface area (Å²) in [5, 5.41) is 14.5. The van der Waals surface area contributed by atoms with E-state index in [1.165, 1.54) is 11.8 Å². The largest absolute Gasteiger partial charge is 0.368 e. The lowest BCUT2D eigenvalue weighted by molar-refractivity contribution is -0.385. The molecule has 0 aliphatic carbocycles. The maximum Gasteiger partial charge on any atom is 0.274 e. The Morgan fingerprint density at radius 2 is 1.71 bits per heavy atom. The normalized spacial score (nSPS) is 14.4. The SMILES string of the molecule is CCNC(=NCc1ccccc1[N+](=O)[O-])N1CCN(c2ccccc2)CC1.I. The van der Waals surface area contributed by atoms with Gasteiger partial charge in [0.2, 0.25) is 0 Å². The molecule has 7 nitrogen and oxygen atoms in total. The first kappa shape index (κ1) is 21.9. The highest BCUT2D eigenvalue weighted by Gasteiger charge is 2.20. The molecule has 150 valence electrons. The molecule has 28 heavy (non-hydrogen) atoms. The fraction of sp³-hybridized carbons (Fsp3) is 0.350. The fourth-order valence-corrected chi connectivity index (χ4v) is 3.22. The van der Waals surface area contributed by atoms with Crippen molar-refractivity contribution < 1.29 is 4.92 Å². The van der Waals surface area contributed by atoms with E-state index in [2.05, 4.69) is 44.4 Å². The fourth-order valence-electron chi connectivity index (χ4n) is 3.22. The van der Waals surface area contributed by atoms with E-state index < -0.39 is 0 Å². The number of nitro groups is 1. The van der Waals surface area contributed by atoms with Gasteiger partial charge >= 0.3 is 0 Å². The summed E-state index contributed by atoms with van der Waals surface area (Å²) >= 11 is 0. The van der Waals surface area contributed by atoms with Gasteiger partial charge in [0.25, 0.3) is 5.69 Å². The standard InChI is InChI=1S/C20H25N5O2.HI/c1-2-21-20(22-16-17-8-6-7-11-19(17)25(26)27)24-14-12-23(13-15-24)18-9-4-3-5-10-18;/h3-11H,2,12-16H2,1H3,(H,21,22);1H. The molecule has 3 rings (SSSR count). The molecule has 0 bridgehead atoms. The minimum Gasteiger partial charge on any atom is -0.368 e. The Labute approximate surface area is 182 Å². The van der Waals surface area contributed by atoms with Crippen LogP contribution in [0.1, 0.15) is 12.5 Å². The van der Waals surface area contributed by atoms with Crippen molar-refractivity contribution in [2.45, 2.75) is 13.5 Å². The molecular formula is C20H26IN5O2. The van der Waals surface area contributed by atoms with Gasteiger partial charge in [0.15, 0.2) is 5.96 Å². The molecule has 0 saturated carbocycles. The molecule has 0 unspecified atom stereocenters. The lowest BCUT2D eigenvalue weighted by Crippen LogP contribution is -2.52. The summed E-state index contributed by atoms with van der Waals surface area (Å²) < 4.78 is 0. The second-order valence-corrected chi connectivity index (χ2v) is 6.37. The number of hydrogen-bond donors (Lipinski definition) is 1. The van der Waals surface area contributed by atoms with Gasteiger partial charge < -0.3 is 15.1 Å². The third-order valence-electron chi connectivity index (χ3n) is 4.62. The highest BCUT2D eigenvalue weighted by Crippen LogP contribution is 2.19. The second-order valence-electron chi connectivity index (χ2n) is 6.37. The van der Waals surface area contributed by atoms with Gasteiger partial charge in [-0.25, -0.2) is 4.99 Å². The molecule has 1 fully saturated rings. The average molecular weight is 495 g/mol. The van der Waals surface area contributed by atoms with Gasteiger partial charge in [-0.1, -0.05) is 36.4 Å². The molecule has 1 aliphatic heterocycles. The van der Waals surface area contributed by atoms with Crippen LogP contribution in [-0.2, 0) is 6.54 Å². The van der Waals surface area contributed by atoms with Crippen molar-refractivity contribution in [3.05, 3.63) is 70.3 Å². The predicted molar refractivity (Wildman–Crippen MR) is 124 cm³/mol. The van der Waals surface area contributed by atoms with Crippen molar-refractivity contribution in [1.29, 1.82) is 0 Å². The highest BCUT2D eigenvalue weighted by molar-refractivity contribution is 14.0. The Kier molecular flexibility index (Phi) is 8.49. The van der Waals surface area contributed by atoms with Gasteiger partial charge in [-0.15, -0.1) is 24.0 Å². The molecule has 0 amide bonds. The maximum atomic E-state index is 11.2. The molecule has 0 aromatic heterocycles. The Balaban J connectivity index is 0.00000280. The third-order valence-corrected chi connectivity index (χ3v) is 4.62. The molecule has 1 heterocycles. The Bertz CT molecular complexity index is 792. The predicted octanol–water partition coefficient (Wildman–Crippen LogP) is 3.50. The van der Waals surface area contributed by atoms with Crippen molar-refractivity contribution in [3.8, 4) is 0 Å². The quantitative estimate of drug-likeness (QED) is 0.226.